The van der Waals surface area contributed by atoms with Crippen LogP contribution >= 0.6 is 34.8 Å². The van der Waals surface area contributed by atoms with Gasteiger partial charge < -0.3 is 10.6 Å². The summed E-state index contributed by atoms with van der Waals surface area (Å²) in [4.78, 5) is 13.1. The third-order valence-electron chi connectivity index (χ3n) is 5.65. The first kappa shape index (κ1) is 24.4. The highest BCUT2D eigenvalue weighted by Crippen LogP contribution is 2.33. The van der Waals surface area contributed by atoms with Gasteiger partial charge in [0.1, 0.15) is 5.54 Å². The maximum absolute atomic E-state index is 13.1. The van der Waals surface area contributed by atoms with Crippen molar-refractivity contribution in [2.75, 3.05) is 11.9 Å². The van der Waals surface area contributed by atoms with Gasteiger partial charge in [0.05, 0.1) is 0 Å². The summed E-state index contributed by atoms with van der Waals surface area (Å²) in [7, 11) is 0. The Morgan fingerprint density at radius 1 is 0.781 bits per heavy atom. The molecule has 3 aromatic carbocycles. The summed E-state index contributed by atoms with van der Waals surface area (Å²) in [6, 6.07) is 22.9. The van der Waals surface area contributed by atoms with Gasteiger partial charge in [-0.1, -0.05) is 66.0 Å². The first-order chi connectivity index (χ1) is 15.2. The molecular formula is C26H27Cl3N2O. The average Bonchev–Trinajstić information content (AvgIpc) is 2.76. The standard InChI is InChI=1S/C26H27Cl3N2O/c1-17(18-4-8-20(27)9-5-18)24(19-6-10-21(28)11-7-19)16-30-25(32)26(2,3)31-23-14-12-22(29)13-15-23/h4-15,17,24,31H,16H2,1-3H3,(H,30,32). The molecule has 2 N–H and O–H groups in total. The smallest absolute Gasteiger partial charge is 0.245 e. The molecule has 168 valence electrons. The van der Waals surface area contributed by atoms with E-state index in [4.69, 9.17) is 34.8 Å². The summed E-state index contributed by atoms with van der Waals surface area (Å²) >= 11 is 18.1. The third kappa shape index (κ3) is 6.41. The third-order valence-corrected chi connectivity index (χ3v) is 6.40. The molecule has 0 aromatic heterocycles. The number of benzene rings is 3. The van der Waals surface area contributed by atoms with Gasteiger partial charge in [-0.15, -0.1) is 0 Å². The molecule has 0 radical (unpaired) electrons. The number of anilines is 1. The molecule has 2 unspecified atom stereocenters. The summed E-state index contributed by atoms with van der Waals surface area (Å²) in [5.41, 5.74) is 2.29. The van der Waals surface area contributed by atoms with E-state index < -0.39 is 5.54 Å². The van der Waals surface area contributed by atoms with Crippen LogP contribution in [0.3, 0.4) is 0 Å². The molecule has 0 spiro atoms. The van der Waals surface area contributed by atoms with Gasteiger partial charge in [-0.2, -0.15) is 0 Å². The highest BCUT2D eigenvalue weighted by atomic mass is 35.5. The average molecular weight is 490 g/mol. The second-order valence-electron chi connectivity index (χ2n) is 8.47. The van der Waals surface area contributed by atoms with Crippen LogP contribution in [0.1, 0.15) is 43.7 Å². The number of nitrogens with one attached hydrogen (secondary N) is 2. The van der Waals surface area contributed by atoms with Gasteiger partial charge in [-0.05, 0) is 79.4 Å². The minimum atomic E-state index is -0.804. The van der Waals surface area contributed by atoms with Crippen molar-refractivity contribution in [2.45, 2.75) is 38.1 Å². The fraction of sp³-hybridized carbons (Fsp3) is 0.269. The second kappa shape index (κ2) is 10.6. The molecule has 32 heavy (non-hydrogen) atoms. The lowest BCUT2D eigenvalue weighted by Crippen LogP contribution is -2.49. The fourth-order valence-electron chi connectivity index (χ4n) is 3.67. The van der Waals surface area contributed by atoms with Crippen LogP contribution in [0, 0.1) is 0 Å². The van der Waals surface area contributed by atoms with Crippen LogP contribution in [0.25, 0.3) is 0 Å². The molecule has 3 rings (SSSR count). The molecule has 1 amide bonds. The number of hydrogen-bond donors (Lipinski definition) is 2. The lowest BCUT2D eigenvalue weighted by atomic mass is 9.82. The number of carbonyl (C=O) groups is 1. The zero-order chi connectivity index (χ0) is 23.3. The summed E-state index contributed by atoms with van der Waals surface area (Å²) in [6.07, 6.45) is 0. The molecule has 0 saturated heterocycles. The maximum atomic E-state index is 13.1. The molecule has 3 nitrogen and oxygen atoms in total. The van der Waals surface area contributed by atoms with E-state index in [-0.39, 0.29) is 17.7 Å². The van der Waals surface area contributed by atoms with E-state index in [1.165, 1.54) is 0 Å². The number of halogens is 3. The maximum Gasteiger partial charge on any atom is 0.245 e. The second-order valence-corrected chi connectivity index (χ2v) is 9.77. The van der Waals surface area contributed by atoms with E-state index in [0.29, 0.717) is 21.6 Å². The fourth-order valence-corrected chi connectivity index (χ4v) is 4.04. The predicted molar refractivity (Wildman–Crippen MR) is 136 cm³/mol. The minimum absolute atomic E-state index is 0.0590. The largest absolute Gasteiger partial charge is 0.372 e. The van der Waals surface area contributed by atoms with Crippen molar-refractivity contribution in [1.82, 2.24) is 5.32 Å². The van der Waals surface area contributed by atoms with Crippen molar-refractivity contribution in [2.24, 2.45) is 0 Å². The Bertz CT molecular complexity index is 1030. The van der Waals surface area contributed by atoms with Crippen molar-refractivity contribution in [3.05, 3.63) is 99.0 Å². The monoisotopic (exact) mass is 488 g/mol. The van der Waals surface area contributed by atoms with Crippen molar-refractivity contribution in [3.63, 3.8) is 0 Å². The molecule has 0 aliphatic rings. The van der Waals surface area contributed by atoms with Gasteiger partial charge in [-0.25, -0.2) is 0 Å². The molecule has 0 bridgehead atoms. The Balaban J connectivity index is 1.76. The highest BCUT2D eigenvalue weighted by Gasteiger charge is 2.29. The zero-order valence-electron chi connectivity index (χ0n) is 18.3. The van der Waals surface area contributed by atoms with Crippen molar-refractivity contribution >= 4 is 46.4 Å². The first-order valence-corrected chi connectivity index (χ1v) is 11.6. The molecule has 2 atom stereocenters. The molecule has 0 aliphatic carbocycles. The van der Waals surface area contributed by atoms with E-state index in [1.807, 2.05) is 74.5 Å². The number of amides is 1. The Morgan fingerprint density at radius 3 is 1.72 bits per heavy atom. The van der Waals surface area contributed by atoms with Crippen LogP contribution in [-0.4, -0.2) is 18.0 Å². The first-order valence-electron chi connectivity index (χ1n) is 10.5. The minimum Gasteiger partial charge on any atom is -0.372 e. The van der Waals surface area contributed by atoms with Crippen LogP contribution in [0.4, 0.5) is 5.69 Å². The molecule has 0 heterocycles. The van der Waals surface area contributed by atoms with Gasteiger partial charge in [0.25, 0.3) is 0 Å². The normalized spacial score (nSPS) is 13.3. The van der Waals surface area contributed by atoms with E-state index in [1.54, 1.807) is 12.1 Å². The quantitative estimate of drug-likeness (QED) is 0.343. The van der Waals surface area contributed by atoms with Crippen molar-refractivity contribution in [3.8, 4) is 0 Å². The summed E-state index contributed by atoms with van der Waals surface area (Å²) in [5, 5.41) is 8.46. The number of carbonyl (C=O) groups excluding carboxylic acids is 1. The van der Waals surface area contributed by atoms with Crippen LogP contribution in [0.5, 0.6) is 0 Å². The van der Waals surface area contributed by atoms with E-state index in [0.717, 1.165) is 16.8 Å². The Labute approximate surface area is 205 Å². The predicted octanol–water partition coefficient (Wildman–Crippen LogP) is 7.54. The van der Waals surface area contributed by atoms with Gasteiger partial charge >= 0.3 is 0 Å². The molecule has 3 aromatic rings. The topological polar surface area (TPSA) is 41.1 Å². The number of rotatable bonds is 8. The van der Waals surface area contributed by atoms with Gasteiger partial charge in [0.15, 0.2) is 0 Å². The van der Waals surface area contributed by atoms with Gasteiger partial charge in [0, 0.05) is 33.2 Å². The van der Waals surface area contributed by atoms with Gasteiger partial charge in [-0.3, -0.25) is 4.79 Å². The van der Waals surface area contributed by atoms with Crippen LogP contribution < -0.4 is 10.6 Å². The van der Waals surface area contributed by atoms with Crippen LogP contribution in [0.2, 0.25) is 15.1 Å². The van der Waals surface area contributed by atoms with Crippen molar-refractivity contribution in [1.29, 1.82) is 0 Å². The molecular weight excluding hydrogens is 463 g/mol. The Hall–Kier alpha value is -2.20. The number of hydrogen-bond acceptors (Lipinski definition) is 2. The summed E-state index contributed by atoms with van der Waals surface area (Å²) in [6.45, 7) is 6.36. The van der Waals surface area contributed by atoms with Crippen LogP contribution in [-0.2, 0) is 4.79 Å². The molecule has 0 saturated carbocycles. The summed E-state index contributed by atoms with van der Waals surface area (Å²) in [5.74, 6) is 0.125. The molecule has 0 fully saturated rings. The lowest BCUT2D eigenvalue weighted by Gasteiger charge is -2.30. The van der Waals surface area contributed by atoms with Crippen LogP contribution in [0.15, 0.2) is 72.8 Å². The van der Waals surface area contributed by atoms with Gasteiger partial charge in [0.2, 0.25) is 5.91 Å². The Kier molecular flexibility index (Phi) is 8.10. The lowest BCUT2D eigenvalue weighted by molar-refractivity contribution is -0.124. The van der Waals surface area contributed by atoms with E-state index in [9.17, 15) is 4.79 Å². The van der Waals surface area contributed by atoms with Crippen molar-refractivity contribution < 1.29 is 4.79 Å². The zero-order valence-corrected chi connectivity index (χ0v) is 20.6. The molecule has 0 aliphatic heterocycles. The van der Waals surface area contributed by atoms with E-state index >= 15 is 0 Å². The highest BCUT2D eigenvalue weighted by molar-refractivity contribution is 6.31. The Morgan fingerprint density at radius 2 is 1.22 bits per heavy atom. The molecule has 6 heteroatoms. The van der Waals surface area contributed by atoms with E-state index in [2.05, 4.69) is 17.6 Å². The summed E-state index contributed by atoms with van der Waals surface area (Å²) < 4.78 is 0. The SMILES string of the molecule is CC(c1ccc(Cl)cc1)C(CNC(=O)C(C)(C)Nc1ccc(Cl)cc1)c1ccc(Cl)cc1.